The fourth-order valence-electron chi connectivity index (χ4n) is 1.63. The molecule has 94 valence electrons. The summed E-state index contributed by atoms with van der Waals surface area (Å²) in [5.74, 6) is -0.351. The third kappa shape index (κ3) is 4.44. The maximum atomic E-state index is 13.0. The number of ketones is 1. The minimum absolute atomic E-state index is 0.0575. The summed E-state index contributed by atoms with van der Waals surface area (Å²) in [5.41, 5.74) is 5.94. The van der Waals surface area contributed by atoms with Crippen LogP contribution in [0.5, 0.6) is 0 Å². The molecule has 0 spiro atoms. The number of carbonyl (C=O) groups excluding carboxylic acids is 1. The average molecular weight is 258 g/mol. The zero-order valence-electron chi connectivity index (χ0n) is 9.88. The van der Waals surface area contributed by atoms with Crippen LogP contribution >= 0.6 is 11.6 Å². The van der Waals surface area contributed by atoms with Crippen molar-refractivity contribution >= 4 is 17.4 Å². The van der Waals surface area contributed by atoms with Crippen molar-refractivity contribution in [3.63, 3.8) is 0 Å². The van der Waals surface area contributed by atoms with Crippen molar-refractivity contribution in [1.29, 1.82) is 0 Å². The zero-order valence-corrected chi connectivity index (χ0v) is 10.6. The number of Topliss-reactive ketones (excluding diaryl/α,β-unsaturated/α-hetero) is 1. The van der Waals surface area contributed by atoms with E-state index in [2.05, 4.69) is 0 Å². The number of rotatable bonds is 6. The van der Waals surface area contributed by atoms with E-state index in [1.54, 1.807) is 0 Å². The third-order valence-electron chi connectivity index (χ3n) is 2.76. The number of nitrogens with two attached hydrogens (primary N) is 1. The summed E-state index contributed by atoms with van der Waals surface area (Å²) >= 11 is 5.91. The van der Waals surface area contributed by atoms with E-state index in [0.29, 0.717) is 17.1 Å². The van der Waals surface area contributed by atoms with E-state index >= 15 is 0 Å². The molecule has 2 N–H and O–H groups in total. The first-order chi connectivity index (χ1) is 8.04. The van der Waals surface area contributed by atoms with Gasteiger partial charge in [0.2, 0.25) is 0 Å². The van der Waals surface area contributed by atoms with Gasteiger partial charge in [0.15, 0.2) is 0 Å². The molecule has 1 unspecified atom stereocenters. The largest absolute Gasteiger partial charge is 0.330 e. The predicted molar refractivity (Wildman–Crippen MR) is 67.6 cm³/mol. The van der Waals surface area contributed by atoms with Crippen molar-refractivity contribution in [2.24, 2.45) is 11.7 Å². The average Bonchev–Trinajstić information content (AvgIpc) is 2.30. The van der Waals surface area contributed by atoms with Crippen LogP contribution in [0, 0.1) is 11.7 Å². The Balaban J connectivity index is 2.64. The fourth-order valence-corrected chi connectivity index (χ4v) is 1.81. The minimum atomic E-state index is -0.369. The Morgan fingerprint density at radius 1 is 1.53 bits per heavy atom. The second kappa shape index (κ2) is 6.72. The summed E-state index contributed by atoms with van der Waals surface area (Å²) in [6.45, 7) is 2.45. The highest BCUT2D eigenvalue weighted by molar-refractivity contribution is 6.31. The van der Waals surface area contributed by atoms with Crippen LogP contribution in [-0.4, -0.2) is 12.3 Å². The lowest BCUT2D eigenvalue weighted by Gasteiger charge is -2.10. The highest BCUT2D eigenvalue weighted by Crippen LogP contribution is 2.20. The zero-order chi connectivity index (χ0) is 12.8. The maximum Gasteiger partial charge on any atom is 0.140 e. The van der Waals surface area contributed by atoms with E-state index in [0.717, 1.165) is 12.8 Å². The van der Waals surface area contributed by atoms with Crippen molar-refractivity contribution in [2.75, 3.05) is 6.54 Å². The summed E-state index contributed by atoms with van der Waals surface area (Å²) in [7, 11) is 0. The van der Waals surface area contributed by atoms with Crippen LogP contribution in [0.3, 0.4) is 0 Å². The van der Waals surface area contributed by atoms with Crippen LogP contribution in [0.2, 0.25) is 5.02 Å². The number of carbonyl (C=O) groups is 1. The molecule has 1 atom stereocenters. The number of hydrogen-bond acceptors (Lipinski definition) is 2. The Labute approximate surface area is 106 Å². The summed E-state index contributed by atoms with van der Waals surface area (Å²) in [4.78, 5) is 11.9. The molecular weight excluding hydrogens is 241 g/mol. The number of halogens is 2. The smallest absolute Gasteiger partial charge is 0.140 e. The highest BCUT2D eigenvalue weighted by Gasteiger charge is 2.14. The van der Waals surface area contributed by atoms with Gasteiger partial charge in [-0.15, -0.1) is 0 Å². The summed E-state index contributed by atoms with van der Waals surface area (Å²) < 4.78 is 13.0. The lowest BCUT2D eigenvalue weighted by Crippen LogP contribution is -2.15. The molecule has 0 saturated carbocycles. The topological polar surface area (TPSA) is 43.1 Å². The van der Waals surface area contributed by atoms with Gasteiger partial charge in [0.25, 0.3) is 0 Å². The molecule has 0 aromatic heterocycles. The van der Waals surface area contributed by atoms with Crippen molar-refractivity contribution in [2.45, 2.75) is 26.2 Å². The molecule has 0 heterocycles. The molecule has 1 rings (SSSR count). The quantitative estimate of drug-likeness (QED) is 0.851. The maximum absolute atomic E-state index is 13.0. The fraction of sp³-hybridized carbons (Fsp3) is 0.462. The molecule has 0 bridgehead atoms. The lowest BCUT2D eigenvalue weighted by atomic mass is 9.95. The van der Waals surface area contributed by atoms with E-state index in [1.807, 2.05) is 6.92 Å². The predicted octanol–water partition coefficient (Wildman–Crippen LogP) is 2.97. The standard InChI is InChI=1S/C13H17ClFNO/c1-9(3-2-6-16)13(17)8-10-7-11(15)4-5-12(10)14/h4-5,7,9H,2-3,6,8,16H2,1H3. The summed E-state index contributed by atoms with van der Waals surface area (Å²) in [5, 5.41) is 0.436. The van der Waals surface area contributed by atoms with Crippen LogP contribution in [0.25, 0.3) is 0 Å². The highest BCUT2D eigenvalue weighted by atomic mass is 35.5. The SMILES string of the molecule is CC(CCCN)C(=O)Cc1cc(F)ccc1Cl. The first-order valence-corrected chi connectivity index (χ1v) is 6.09. The second-order valence-corrected chi connectivity index (χ2v) is 4.62. The molecule has 1 aromatic carbocycles. The van der Waals surface area contributed by atoms with Crippen LogP contribution in [0.15, 0.2) is 18.2 Å². The molecule has 0 aliphatic carbocycles. The molecule has 0 aliphatic heterocycles. The summed E-state index contributed by atoms with van der Waals surface area (Å²) in [6.07, 6.45) is 1.77. The van der Waals surface area contributed by atoms with Gasteiger partial charge in [-0.1, -0.05) is 18.5 Å². The Morgan fingerprint density at radius 3 is 2.88 bits per heavy atom. The number of hydrogen-bond donors (Lipinski definition) is 1. The van der Waals surface area contributed by atoms with Gasteiger partial charge in [0, 0.05) is 17.4 Å². The van der Waals surface area contributed by atoms with E-state index in [-0.39, 0.29) is 23.9 Å². The monoisotopic (exact) mass is 257 g/mol. The van der Waals surface area contributed by atoms with Gasteiger partial charge in [0.05, 0.1) is 0 Å². The van der Waals surface area contributed by atoms with E-state index in [1.165, 1.54) is 18.2 Å². The van der Waals surface area contributed by atoms with Gasteiger partial charge < -0.3 is 5.73 Å². The molecule has 17 heavy (non-hydrogen) atoms. The van der Waals surface area contributed by atoms with Gasteiger partial charge in [-0.3, -0.25) is 4.79 Å². The Hall–Kier alpha value is -0.930. The summed E-state index contributed by atoms with van der Waals surface area (Å²) in [6, 6.07) is 4.08. The molecule has 0 fully saturated rings. The van der Waals surface area contributed by atoms with Gasteiger partial charge in [-0.25, -0.2) is 4.39 Å². The lowest BCUT2D eigenvalue weighted by molar-refractivity contribution is -0.121. The van der Waals surface area contributed by atoms with Crippen LogP contribution in [0.1, 0.15) is 25.3 Å². The first kappa shape index (κ1) is 14.1. The van der Waals surface area contributed by atoms with Gasteiger partial charge in [-0.05, 0) is 43.1 Å². The number of benzene rings is 1. The first-order valence-electron chi connectivity index (χ1n) is 5.71. The Morgan fingerprint density at radius 2 is 2.24 bits per heavy atom. The van der Waals surface area contributed by atoms with Crippen LogP contribution < -0.4 is 5.73 Å². The molecule has 0 amide bonds. The van der Waals surface area contributed by atoms with E-state index in [4.69, 9.17) is 17.3 Å². The molecule has 1 aromatic rings. The third-order valence-corrected chi connectivity index (χ3v) is 3.13. The molecule has 0 aliphatic rings. The Kier molecular flexibility index (Phi) is 5.59. The van der Waals surface area contributed by atoms with Crippen molar-refractivity contribution in [3.8, 4) is 0 Å². The van der Waals surface area contributed by atoms with E-state index in [9.17, 15) is 9.18 Å². The van der Waals surface area contributed by atoms with Gasteiger partial charge >= 0.3 is 0 Å². The van der Waals surface area contributed by atoms with E-state index < -0.39 is 0 Å². The van der Waals surface area contributed by atoms with Gasteiger partial charge in [-0.2, -0.15) is 0 Å². The normalized spacial score (nSPS) is 12.5. The van der Waals surface area contributed by atoms with Gasteiger partial charge in [0.1, 0.15) is 11.6 Å². The molecule has 0 radical (unpaired) electrons. The molecule has 4 heteroatoms. The molecule has 0 saturated heterocycles. The Bertz CT molecular complexity index is 395. The second-order valence-electron chi connectivity index (χ2n) is 4.21. The van der Waals surface area contributed by atoms with Crippen LogP contribution in [0.4, 0.5) is 4.39 Å². The van der Waals surface area contributed by atoms with Crippen LogP contribution in [-0.2, 0) is 11.2 Å². The van der Waals surface area contributed by atoms with Crippen molar-refractivity contribution in [1.82, 2.24) is 0 Å². The molecular formula is C13H17ClFNO. The van der Waals surface area contributed by atoms with Crippen molar-refractivity contribution < 1.29 is 9.18 Å². The van der Waals surface area contributed by atoms with Crippen molar-refractivity contribution in [3.05, 3.63) is 34.6 Å². The minimum Gasteiger partial charge on any atom is -0.330 e. The molecule has 2 nitrogen and oxygen atoms in total.